The zero-order chi connectivity index (χ0) is 38.3. The van der Waals surface area contributed by atoms with Gasteiger partial charge in [-0.1, -0.05) is 60.7 Å². The van der Waals surface area contributed by atoms with Crippen LogP contribution in [0.5, 0.6) is 0 Å². The van der Waals surface area contributed by atoms with Crippen LogP contribution >= 0.6 is 25.6 Å². The van der Waals surface area contributed by atoms with E-state index in [-0.39, 0.29) is 0 Å². The van der Waals surface area contributed by atoms with Gasteiger partial charge in [0.25, 0.3) is 0 Å². The van der Waals surface area contributed by atoms with Crippen molar-refractivity contribution >= 4 is 109 Å². The summed E-state index contributed by atoms with van der Waals surface area (Å²) in [6.45, 7) is 0. The van der Waals surface area contributed by atoms with Crippen LogP contribution in [-0.2, 0) is 0 Å². The highest BCUT2D eigenvalue weighted by Crippen LogP contribution is 2.39. The Labute approximate surface area is 333 Å². The van der Waals surface area contributed by atoms with Crippen LogP contribution in [0.2, 0.25) is 0 Å². The minimum Gasteiger partial charge on any atom is -0.456 e. The van der Waals surface area contributed by atoms with Crippen molar-refractivity contribution in [1.82, 2.24) is 0 Å². The number of furan rings is 1. The lowest BCUT2D eigenvalue weighted by molar-refractivity contribution is 0.669. The summed E-state index contributed by atoms with van der Waals surface area (Å²) in [6.07, 6.45) is 11.1. The second-order valence-corrected chi connectivity index (χ2v) is 13.9. The standard InChI is InChI=1S/C47H30N6OS2/c48-27-28-1-17-40-41-18-9-36(26-47(41)54-46(40)21-28)31-2-3-33-23-39(16-8-32(33)22-31)53(37-12-4-29(5-13-37)34-11-20-44(51-55)43(50)24-34)38-14-6-30(7-15-38)35-10-19-42(49)45(25-35)52-56/h1-26,49-50,55-56H/b49-42?,50-43?,51-44-,52-45-. The fourth-order valence-electron chi connectivity index (χ4n) is 7.23. The van der Waals surface area contributed by atoms with E-state index in [2.05, 4.69) is 149 Å². The van der Waals surface area contributed by atoms with Gasteiger partial charge in [-0.15, -0.1) is 0 Å². The summed E-state index contributed by atoms with van der Waals surface area (Å²) in [5.41, 5.74) is 12.7. The van der Waals surface area contributed by atoms with Crippen molar-refractivity contribution in [3.05, 3.63) is 174 Å². The first kappa shape index (κ1) is 34.8. The lowest BCUT2D eigenvalue weighted by Gasteiger charge is -2.26. The molecule has 0 saturated carbocycles. The van der Waals surface area contributed by atoms with Gasteiger partial charge in [-0.25, -0.2) is 8.80 Å². The minimum atomic E-state index is 0.320. The van der Waals surface area contributed by atoms with Crippen molar-refractivity contribution in [3.63, 3.8) is 0 Å². The van der Waals surface area contributed by atoms with Crippen LogP contribution < -0.4 is 4.90 Å². The largest absolute Gasteiger partial charge is 0.456 e. The normalized spacial score (nSPS) is 15.5. The molecular weight excluding hydrogens is 729 g/mol. The molecule has 0 fully saturated rings. The Balaban J connectivity index is 1.08. The van der Waals surface area contributed by atoms with Crippen molar-refractivity contribution in [2.45, 2.75) is 0 Å². The molecular formula is C47H30N6OS2. The van der Waals surface area contributed by atoms with Crippen LogP contribution in [0.3, 0.4) is 0 Å². The molecule has 2 N–H and O–H groups in total. The van der Waals surface area contributed by atoms with Gasteiger partial charge in [-0.2, -0.15) is 5.26 Å². The second kappa shape index (κ2) is 14.3. The first-order valence-electron chi connectivity index (χ1n) is 17.7. The highest BCUT2D eigenvalue weighted by atomic mass is 32.1. The smallest absolute Gasteiger partial charge is 0.136 e. The van der Waals surface area contributed by atoms with Gasteiger partial charge < -0.3 is 9.32 Å². The van der Waals surface area contributed by atoms with Gasteiger partial charge in [-0.3, -0.25) is 10.8 Å². The number of hydrogen-bond donors (Lipinski definition) is 4. The quantitative estimate of drug-likeness (QED) is 0.100. The van der Waals surface area contributed by atoms with Crippen LogP contribution in [0.25, 0.3) is 55.0 Å². The highest BCUT2D eigenvalue weighted by molar-refractivity contribution is 7.79. The number of thiol groups is 2. The van der Waals surface area contributed by atoms with Gasteiger partial charge in [0, 0.05) is 27.8 Å². The molecule has 0 amide bonds. The Morgan fingerprint density at radius 2 is 1.07 bits per heavy atom. The van der Waals surface area contributed by atoms with E-state index in [9.17, 15) is 5.26 Å². The van der Waals surface area contributed by atoms with E-state index in [1.165, 1.54) is 0 Å². The molecule has 9 rings (SSSR count). The fourth-order valence-corrected chi connectivity index (χ4v) is 7.57. The van der Waals surface area contributed by atoms with Crippen LogP contribution in [-0.4, -0.2) is 22.8 Å². The molecule has 1 aromatic heterocycles. The first-order chi connectivity index (χ1) is 27.4. The maximum atomic E-state index is 9.34. The lowest BCUT2D eigenvalue weighted by Crippen LogP contribution is -2.12. The number of nitrogens with zero attached hydrogens (tertiary/aromatic N) is 4. The van der Waals surface area contributed by atoms with Gasteiger partial charge in [0.15, 0.2) is 0 Å². The molecule has 7 nitrogen and oxygen atoms in total. The van der Waals surface area contributed by atoms with Gasteiger partial charge in [0.05, 0.1) is 34.5 Å². The molecule has 0 spiro atoms. The fraction of sp³-hybridized carbons (Fsp3) is 0. The van der Waals surface area contributed by atoms with Crippen molar-refractivity contribution in [2.24, 2.45) is 8.80 Å². The number of hydrogen-bond acceptors (Lipinski definition) is 9. The van der Waals surface area contributed by atoms with E-state index in [1.807, 2.05) is 30.4 Å². The summed E-state index contributed by atoms with van der Waals surface area (Å²) in [6, 6.07) is 43.7. The Kier molecular flexibility index (Phi) is 8.90. The molecule has 0 radical (unpaired) electrons. The Hall–Kier alpha value is -6.99. The number of nitriles is 1. The topological polar surface area (TPSA) is 113 Å². The second-order valence-electron chi connectivity index (χ2n) is 13.5. The third-order valence-electron chi connectivity index (χ3n) is 10.1. The molecule has 9 heteroatoms. The van der Waals surface area contributed by atoms with Gasteiger partial charge in [-0.05, 0) is 167 Å². The summed E-state index contributed by atoms with van der Waals surface area (Å²) < 4.78 is 14.0. The third-order valence-corrected chi connectivity index (χ3v) is 10.6. The van der Waals surface area contributed by atoms with Gasteiger partial charge >= 0.3 is 0 Å². The summed E-state index contributed by atoms with van der Waals surface area (Å²) in [4.78, 5) is 2.23. The van der Waals surface area contributed by atoms with Crippen LogP contribution in [0.15, 0.2) is 171 Å². The minimum absolute atomic E-state index is 0.320. The van der Waals surface area contributed by atoms with Crippen LogP contribution in [0, 0.1) is 22.1 Å². The number of anilines is 3. The van der Waals surface area contributed by atoms with Gasteiger partial charge in [0.2, 0.25) is 0 Å². The van der Waals surface area contributed by atoms with Crippen LogP contribution in [0.1, 0.15) is 16.7 Å². The summed E-state index contributed by atoms with van der Waals surface area (Å²) in [5.74, 6) is 0. The molecule has 1 heterocycles. The molecule has 0 atom stereocenters. The first-order valence-corrected chi connectivity index (χ1v) is 18.5. The molecule has 266 valence electrons. The molecule has 7 aromatic rings. The molecule has 0 unspecified atom stereocenters. The number of fused-ring (bicyclic) bond motifs is 4. The van der Waals surface area contributed by atoms with E-state index < -0.39 is 0 Å². The van der Waals surface area contributed by atoms with Gasteiger partial charge in [0.1, 0.15) is 11.2 Å². The molecule has 56 heavy (non-hydrogen) atoms. The van der Waals surface area contributed by atoms with Crippen molar-refractivity contribution < 1.29 is 4.42 Å². The predicted molar refractivity (Wildman–Crippen MR) is 239 cm³/mol. The number of rotatable bonds is 6. The van der Waals surface area contributed by atoms with Crippen molar-refractivity contribution in [3.8, 4) is 17.2 Å². The molecule has 0 bridgehead atoms. The molecule has 2 aliphatic rings. The average Bonchev–Trinajstić information content (AvgIpc) is 3.61. The number of benzene rings is 6. The zero-order valence-corrected chi connectivity index (χ0v) is 31.4. The van der Waals surface area contributed by atoms with Crippen LogP contribution in [0.4, 0.5) is 17.1 Å². The SMILES string of the molecule is N#Cc1ccc2c(c1)oc1cc(-c3ccc4cc(N(c5ccc(C6=CC(=N)/C(=N\S)C=C6)cc5)c5ccc(C6=C/C(=N/S)C(=N)C=C6)cc5)ccc4c3)ccc12. The maximum Gasteiger partial charge on any atom is 0.136 e. The van der Waals surface area contributed by atoms with E-state index >= 15 is 0 Å². The Bertz CT molecular complexity index is 3030. The van der Waals surface area contributed by atoms with E-state index in [0.29, 0.717) is 34.0 Å². The molecule has 0 aliphatic heterocycles. The summed E-state index contributed by atoms with van der Waals surface area (Å²) >= 11 is 8.04. The summed E-state index contributed by atoms with van der Waals surface area (Å²) in [5, 5.41) is 30.0. The predicted octanol–water partition coefficient (Wildman–Crippen LogP) is 12.3. The highest BCUT2D eigenvalue weighted by Gasteiger charge is 2.17. The molecule has 2 aliphatic carbocycles. The zero-order valence-electron chi connectivity index (χ0n) is 29.6. The molecule has 6 aromatic carbocycles. The Morgan fingerprint density at radius 1 is 0.518 bits per heavy atom. The average molecular weight is 759 g/mol. The van der Waals surface area contributed by atoms with E-state index in [1.54, 1.807) is 24.3 Å². The lowest BCUT2D eigenvalue weighted by atomic mass is 9.96. The Morgan fingerprint density at radius 3 is 1.75 bits per heavy atom. The molecule has 0 saturated heterocycles. The summed E-state index contributed by atoms with van der Waals surface area (Å²) in [7, 11) is 0. The number of nitrogens with one attached hydrogen (secondary N) is 2. The number of allylic oxidation sites excluding steroid dienone is 8. The van der Waals surface area contributed by atoms with Crippen molar-refractivity contribution in [2.75, 3.05) is 4.90 Å². The van der Waals surface area contributed by atoms with E-state index in [4.69, 9.17) is 15.2 Å². The third kappa shape index (κ3) is 6.37. The van der Waals surface area contributed by atoms with Crippen molar-refractivity contribution in [1.29, 1.82) is 16.1 Å². The van der Waals surface area contributed by atoms with E-state index in [0.717, 1.165) is 77.6 Å². The monoisotopic (exact) mass is 758 g/mol. The maximum absolute atomic E-state index is 9.34.